The van der Waals surface area contributed by atoms with Gasteiger partial charge in [-0.1, -0.05) is 0 Å². The van der Waals surface area contributed by atoms with Gasteiger partial charge in [0.05, 0.1) is 10.4 Å². The molecule has 0 aliphatic rings. The second kappa shape index (κ2) is 3.38. The number of thiophene rings is 1. The number of nitrogens with zero attached hydrogens (tertiary/aromatic N) is 2. The van der Waals surface area contributed by atoms with E-state index in [2.05, 4.69) is 5.10 Å². The Morgan fingerprint density at radius 1 is 1.57 bits per heavy atom. The number of carbonyl (C=O) groups is 1. The van der Waals surface area contributed by atoms with E-state index in [4.69, 9.17) is 0 Å². The van der Waals surface area contributed by atoms with Gasteiger partial charge >= 0.3 is 0 Å². The number of hydrogen-bond acceptors (Lipinski definition) is 3. The first-order chi connectivity index (χ1) is 6.72. The van der Waals surface area contributed by atoms with Gasteiger partial charge in [0, 0.05) is 13.2 Å². The summed E-state index contributed by atoms with van der Waals surface area (Å²) in [7, 11) is 1.82. The Bertz CT molecular complexity index is 470. The van der Waals surface area contributed by atoms with E-state index in [1.54, 1.807) is 22.2 Å². The third kappa shape index (κ3) is 1.37. The van der Waals surface area contributed by atoms with E-state index in [0.29, 0.717) is 5.56 Å². The molecule has 2 aromatic heterocycles. The van der Waals surface area contributed by atoms with Crippen LogP contribution in [0.4, 0.5) is 0 Å². The molecule has 0 aliphatic heterocycles. The van der Waals surface area contributed by atoms with Crippen molar-refractivity contribution in [2.75, 3.05) is 0 Å². The Morgan fingerprint density at radius 2 is 2.36 bits per heavy atom. The van der Waals surface area contributed by atoms with E-state index in [1.165, 1.54) is 0 Å². The second-order valence-corrected chi connectivity index (χ2v) is 4.07. The van der Waals surface area contributed by atoms with Crippen molar-refractivity contribution in [3.05, 3.63) is 28.8 Å². The molecule has 14 heavy (non-hydrogen) atoms. The second-order valence-electron chi connectivity index (χ2n) is 3.16. The molecular weight excluding hydrogens is 196 g/mol. The molecule has 0 spiro atoms. The molecule has 0 unspecified atom stereocenters. The van der Waals surface area contributed by atoms with Crippen molar-refractivity contribution in [2.45, 2.75) is 6.92 Å². The normalized spacial score (nSPS) is 10.4. The fourth-order valence-corrected chi connectivity index (χ4v) is 2.32. The Hall–Kier alpha value is -1.42. The van der Waals surface area contributed by atoms with Gasteiger partial charge in [-0.3, -0.25) is 9.48 Å². The summed E-state index contributed by atoms with van der Waals surface area (Å²) in [5, 5.41) is 6.29. The van der Waals surface area contributed by atoms with Crippen molar-refractivity contribution in [2.24, 2.45) is 7.05 Å². The van der Waals surface area contributed by atoms with Crippen LogP contribution in [0.5, 0.6) is 0 Å². The molecule has 0 radical (unpaired) electrons. The molecule has 0 amide bonds. The van der Waals surface area contributed by atoms with Crippen LogP contribution in [-0.4, -0.2) is 16.1 Å². The fraction of sp³-hybridized carbons (Fsp3) is 0.200. The fourth-order valence-electron chi connectivity index (χ4n) is 1.38. The number of rotatable bonds is 2. The molecule has 0 atom stereocenters. The Balaban J connectivity index is 2.61. The summed E-state index contributed by atoms with van der Waals surface area (Å²) >= 11 is 1.61. The lowest BCUT2D eigenvalue weighted by Crippen LogP contribution is -1.87. The standard InChI is InChI=1S/C10H10N2OS/c1-7-3-4-14-10(7)9-8(6-13)5-12(2)11-9/h3-6H,1-2H3. The Morgan fingerprint density at radius 3 is 2.93 bits per heavy atom. The maximum absolute atomic E-state index is 10.8. The minimum Gasteiger partial charge on any atom is -0.298 e. The summed E-state index contributed by atoms with van der Waals surface area (Å²) < 4.78 is 1.66. The van der Waals surface area contributed by atoms with Crippen molar-refractivity contribution < 1.29 is 4.79 Å². The number of aromatic nitrogens is 2. The third-order valence-electron chi connectivity index (χ3n) is 2.06. The molecule has 2 heterocycles. The largest absolute Gasteiger partial charge is 0.298 e. The smallest absolute Gasteiger partial charge is 0.153 e. The SMILES string of the molecule is Cc1ccsc1-c1nn(C)cc1C=O. The molecule has 2 rings (SSSR count). The van der Waals surface area contributed by atoms with E-state index >= 15 is 0 Å². The molecule has 0 N–H and O–H groups in total. The molecule has 0 aliphatic carbocycles. The zero-order valence-corrected chi connectivity index (χ0v) is 8.84. The molecule has 0 saturated carbocycles. The van der Waals surface area contributed by atoms with Gasteiger partial charge in [-0.15, -0.1) is 11.3 Å². The minimum atomic E-state index is 0.651. The first-order valence-electron chi connectivity index (χ1n) is 4.25. The third-order valence-corrected chi connectivity index (χ3v) is 3.08. The monoisotopic (exact) mass is 206 g/mol. The first-order valence-corrected chi connectivity index (χ1v) is 5.13. The molecule has 0 saturated heterocycles. The van der Waals surface area contributed by atoms with Crippen LogP contribution in [0.3, 0.4) is 0 Å². The zero-order chi connectivity index (χ0) is 10.1. The number of aldehydes is 1. The topological polar surface area (TPSA) is 34.9 Å². The van der Waals surface area contributed by atoms with E-state index in [-0.39, 0.29) is 0 Å². The Kier molecular flexibility index (Phi) is 2.21. The van der Waals surface area contributed by atoms with E-state index in [9.17, 15) is 4.79 Å². The van der Waals surface area contributed by atoms with Crippen molar-refractivity contribution in [1.29, 1.82) is 0 Å². The summed E-state index contributed by atoms with van der Waals surface area (Å²) in [5.74, 6) is 0. The summed E-state index contributed by atoms with van der Waals surface area (Å²) in [6.07, 6.45) is 2.59. The van der Waals surface area contributed by atoms with Gasteiger partial charge in [0.1, 0.15) is 5.69 Å². The summed E-state index contributed by atoms with van der Waals surface area (Å²) in [6.45, 7) is 2.02. The minimum absolute atomic E-state index is 0.651. The zero-order valence-electron chi connectivity index (χ0n) is 8.02. The van der Waals surface area contributed by atoms with Crippen LogP contribution in [-0.2, 0) is 7.05 Å². The maximum atomic E-state index is 10.8. The van der Waals surface area contributed by atoms with Gasteiger partial charge in [-0.05, 0) is 23.9 Å². The van der Waals surface area contributed by atoms with Gasteiger partial charge in [-0.2, -0.15) is 5.10 Å². The van der Waals surface area contributed by atoms with Crippen LogP contribution in [0.1, 0.15) is 15.9 Å². The molecule has 4 heteroatoms. The van der Waals surface area contributed by atoms with Gasteiger partial charge < -0.3 is 0 Å². The van der Waals surface area contributed by atoms with Gasteiger partial charge in [0.2, 0.25) is 0 Å². The van der Waals surface area contributed by atoms with Crippen molar-refractivity contribution in [3.63, 3.8) is 0 Å². The highest BCUT2D eigenvalue weighted by atomic mass is 32.1. The molecule has 0 fully saturated rings. The van der Waals surface area contributed by atoms with E-state index in [0.717, 1.165) is 22.4 Å². The molecule has 3 nitrogen and oxygen atoms in total. The number of aryl methyl sites for hydroxylation is 2. The highest BCUT2D eigenvalue weighted by Gasteiger charge is 2.12. The Labute approximate surface area is 86.0 Å². The summed E-state index contributed by atoms with van der Waals surface area (Å²) in [4.78, 5) is 11.9. The lowest BCUT2D eigenvalue weighted by molar-refractivity contribution is 0.112. The summed E-state index contributed by atoms with van der Waals surface area (Å²) in [5.41, 5.74) is 2.60. The van der Waals surface area contributed by atoms with Crippen LogP contribution in [0.25, 0.3) is 10.6 Å². The molecule has 0 aromatic carbocycles. The van der Waals surface area contributed by atoms with Crippen molar-refractivity contribution in [1.82, 2.24) is 9.78 Å². The quantitative estimate of drug-likeness (QED) is 0.706. The van der Waals surface area contributed by atoms with Crippen LogP contribution >= 0.6 is 11.3 Å². The van der Waals surface area contributed by atoms with E-state index < -0.39 is 0 Å². The highest BCUT2D eigenvalue weighted by Crippen LogP contribution is 2.29. The molecular formula is C10H10N2OS. The van der Waals surface area contributed by atoms with Gasteiger partial charge in [0.25, 0.3) is 0 Å². The van der Waals surface area contributed by atoms with Crippen LogP contribution < -0.4 is 0 Å². The van der Waals surface area contributed by atoms with Gasteiger partial charge in [-0.25, -0.2) is 0 Å². The first kappa shape index (κ1) is 9.15. The van der Waals surface area contributed by atoms with Gasteiger partial charge in [0.15, 0.2) is 6.29 Å². The van der Waals surface area contributed by atoms with E-state index in [1.807, 2.05) is 25.4 Å². The van der Waals surface area contributed by atoms with Crippen molar-refractivity contribution in [3.8, 4) is 10.6 Å². The van der Waals surface area contributed by atoms with Crippen LogP contribution in [0, 0.1) is 6.92 Å². The maximum Gasteiger partial charge on any atom is 0.153 e. The number of hydrogen-bond donors (Lipinski definition) is 0. The van der Waals surface area contributed by atoms with Crippen molar-refractivity contribution >= 4 is 17.6 Å². The summed E-state index contributed by atoms with van der Waals surface area (Å²) in [6, 6.07) is 2.03. The molecule has 0 bridgehead atoms. The average Bonchev–Trinajstić information content (AvgIpc) is 2.71. The highest BCUT2D eigenvalue weighted by molar-refractivity contribution is 7.13. The lowest BCUT2D eigenvalue weighted by Gasteiger charge is -1.94. The van der Waals surface area contributed by atoms with Crippen LogP contribution in [0.15, 0.2) is 17.6 Å². The van der Waals surface area contributed by atoms with Crippen LogP contribution in [0.2, 0.25) is 0 Å². The lowest BCUT2D eigenvalue weighted by atomic mass is 10.2. The predicted molar refractivity (Wildman–Crippen MR) is 56.6 cm³/mol. The predicted octanol–water partition coefficient (Wildman–Crippen LogP) is 2.27. The average molecular weight is 206 g/mol. The molecule has 2 aromatic rings. The number of carbonyl (C=O) groups excluding carboxylic acids is 1. The molecule has 72 valence electrons.